The molecule has 3 heteroatoms. The van der Waals surface area contributed by atoms with Gasteiger partial charge in [0.2, 0.25) is 0 Å². The van der Waals surface area contributed by atoms with Crippen molar-refractivity contribution in [2.24, 2.45) is 0 Å². The Labute approximate surface area is 73.4 Å². The van der Waals surface area contributed by atoms with E-state index in [-0.39, 0.29) is 12.1 Å². The molecule has 12 heavy (non-hydrogen) atoms. The maximum absolute atomic E-state index is 10.4. The number of rotatable bonds is 1. The zero-order valence-corrected chi connectivity index (χ0v) is 7.87. The van der Waals surface area contributed by atoms with Crippen molar-refractivity contribution in [1.29, 1.82) is 0 Å². The zero-order chi connectivity index (χ0) is 9.40. The minimum atomic E-state index is -0.246. The first-order valence-corrected chi connectivity index (χ1v) is 4.23. The van der Waals surface area contributed by atoms with Gasteiger partial charge in [0, 0.05) is 13.3 Å². The van der Waals surface area contributed by atoms with Crippen LogP contribution in [0.2, 0.25) is 0 Å². The quantitative estimate of drug-likeness (QED) is 0.566. The Morgan fingerprint density at radius 1 is 1.58 bits per heavy atom. The van der Waals surface area contributed by atoms with Gasteiger partial charge in [0.05, 0.1) is 6.26 Å². The van der Waals surface area contributed by atoms with Gasteiger partial charge >= 0.3 is 5.97 Å². The molecular weight excluding hydrogens is 156 g/mol. The zero-order valence-electron chi connectivity index (χ0n) is 7.87. The largest absolute Gasteiger partial charge is 0.498 e. The van der Waals surface area contributed by atoms with Crippen molar-refractivity contribution < 1.29 is 14.3 Å². The molecule has 1 aliphatic heterocycles. The van der Waals surface area contributed by atoms with Crippen LogP contribution in [0.25, 0.3) is 0 Å². The summed E-state index contributed by atoms with van der Waals surface area (Å²) in [6.45, 7) is 5.88. The molecule has 0 bridgehead atoms. The van der Waals surface area contributed by atoms with E-state index in [4.69, 9.17) is 9.47 Å². The van der Waals surface area contributed by atoms with Gasteiger partial charge in [0.1, 0.15) is 12.7 Å². The van der Waals surface area contributed by atoms with E-state index in [1.54, 1.807) is 6.26 Å². The molecule has 0 amide bonds. The molecule has 1 atom stereocenters. The van der Waals surface area contributed by atoms with Gasteiger partial charge in [-0.2, -0.15) is 0 Å². The summed E-state index contributed by atoms with van der Waals surface area (Å²) in [7, 11) is 0. The first-order chi connectivity index (χ1) is 5.79. The lowest BCUT2D eigenvalue weighted by atomic mass is 10.2. The number of esters is 1. The molecule has 0 fully saturated rings. The lowest BCUT2D eigenvalue weighted by Crippen LogP contribution is -2.22. The lowest BCUT2D eigenvalue weighted by Gasteiger charge is -2.17. The van der Waals surface area contributed by atoms with Gasteiger partial charge in [0.15, 0.2) is 0 Å². The van der Waals surface area contributed by atoms with Crippen LogP contribution in [0.15, 0.2) is 12.3 Å². The smallest absolute Gasteiger partial charge is 0.303 e. The summed E-state index contributed by atoms with van der Waals surface area (Å²) in [5.74, 6) is -0.246. The molecule has 1 aliphatic rings. The van der Waals surface area contributed by atoms with Crippen molar-refractivity contribution in [2.75, 3.05) is 6.61 Å². The maximum atomic E-state index is 10.4. The number of carbonyl (C=O) groups is 1. The highest BCUT2D eigenvalue weighted by Crippen LogP contribution is 2.06. The molecule has 0 radical (unpaired) electrons. The summed E-state index contributed by atoms with van der Waals surface area (Å²) in [4.78, 5) is 10.4. The Morgan fingerprint density at radius 3 is 2.67 bits per heavy atom. The molecule has 0 aliphatic carbocycles. The second-order valence-corrected chi connectivity index (χ2v) is 2.17. The lowest BCUT2D eigenvalue weighted by molar-refractivity contribution is -0.148. The summed E-state index contributed by atoms with van der Waals surface area (Å²) in [5, 5.41) is 0. The van der Waals surface area contributed by atoms with Crippen LogP contribution in [-0.2, 0) is 14.3 Å². The van der Waals surface area contributed by atoms with Gasteiger partial charge in [-0.05, 0) is 6.08 Å². The van der Waals surface area contributed by atoms with E-state index in [1.807, 2.05) is 19.9 Å². The van der Waals surface area contributed by atoms with Gasteiger partial charge in [-0.3, -0.25) is 4.79 Å². The highest BCUT2D eigenvalue weighted by Gasteiger charge is 2.12. The maximum Gasteiger partial charge on any atom is 0.303 e. The molecule has 3 nitrogen and oxygen atoms in total. The summed E-state index contributed by atoms with van der Waals surface area (Å²) in [6.07, 6.45) is 4.15. The first-order valence-electron chi connectivity index (χ1n) is 4.23. The van der Waals surface area contributed by atoms with Crippen molar-refractivity contribution in [1.82, 2.24) is 0 Å². The van der Waals surface area contributed by atoms with E-state index < -0.39 is 0 Å². The van der Waals surface area contributed by atoms with Crippen LogP contribution in [0.3, 0.4) is 0 Å². The Bertz CT molecular complexity index is 152. The highest BCUT2D eigenvalue weighted by atomic mass is 16.6. The highest BCUT2D eigenvalue weighted by molar-refractivity contribution is 5.66. The van der Waals surface area contributed by atoms with Crippen LogP contribution >= 0.6 is 0 Å². The molecule has 1 heterocycles. The molecule has 0 saturated heterocycles. The van der Waals surface area contributed by atoms with Crippen molar-refractivity contribution in [2.45, 2.75) is 33.3 Å². The van der Waals surface area contributed by atoms with Crippen molar-refractivity contribution in [3.63, 3.8) is 0 Å². The third kappa shape index (κ3) is 4.77. The van der Waals surface area contributed by atoms with Gasteiger partial charge in [0.25, 0.3) is 0 Å². The third-order valence-electron chi connectivity index (χ3n) is 1.21. The van der Waals surface area contributed by atoms with Crippen LogP contribution in [0.5, 0.6) is 0 Å². The second kappa shape index (κ2) is 6.70. The molecule has 0 aromatic heterocycles. The fourth-order valence-corrected chi connectivity index (χ4v) is 0.823. The summed E-state index contributed by atoms with van der Waals surface area (Å²) in [6, 6.07) is 0. The van der Waals surface area contributed by atoms with E-state index in [0.29, 0.717) is 6.61 Å². The van der Waals surface area contributed by atoms with Crippen LogP contribution < -0.4 is 0 Å². The normalized spacial score (nSPS) is 20.1. The molecule has 0 N–H and O–H groups in total. The fraction of sp³-hybridized carbons (Fsp3) is 0.667. The number of carbonyl (C=O) groups excluding carboxylic acids is 1. The van der Waals surface area contributed by atoms with Crippen molar-refractivity contribution in [3.8, 4) is 0 Å². The van der Waals surface area contributed by atoms with E-state index in [9.17, 15) is 4.79 Å². The monoisotopic (exact) mass is 172 g/mol. The number of hydrogen-bond donors (Lipinski definition) is 0. The third-order valence-corrected chi connectivity index (χ3v) is 1.21. The molecular formula is C9H16O3. The van der Waals surface area contributed by atoms with Crippen molar-refractivity contribution in [3.05, 3.63) is 12.3 Å². The van der Waals surface area contributed by atoms with E-state index in [2.05, 4.69) is 0 Å². The van der Waals surface area contributed by atoms with Crippen LogP contribution in [0.1, 0.15) is 27.2 Å². The predicted molar refractivity (Wildman–Crippen MR) is 46.6 cm³/mol. The minimum absolute atomic E-state index is 0.0810. The average molecular weight is 172 g/mol. The van der Waals surface area contributed by atoms with Crippen LogP contribution in [-0.4, -0.2) is 18.7 Å². The average Bonchev–Trinajstić information content (AvgIpc) is 2.08. The summed E-state index contributed by atoms with van der Waals surface area (Å²) >= 11 is 0. The number of hydrogen-bond acceptors (Lipinski definition) is 3. The van der Waals surface area contributed by atoms with Gasteiger partial charge < -0.3 is 9.47 Å². The van der Waals surface area contributed by atoms with Gasteiger partial charge in [-0.25, -0.2) is 0 Å². The van der Waals surface area contributed by atoms with E-state index >= 15 is 0 Å². The van der Waals surface area contributed by atoms with Crippen LogP contribution in [0, 0.1) is 0 Å². The molecule has 1 rings (SSSR count). The summed E-state index contributed by atoms with van der Waals surface area (Å²) < 4.78 is 9.80. The molecule has 0 spiro atoms. The molecule has 0 aromatic rings. The molecule has 0 aromatic carbocycles. The van der Waals surface area contributed by atoms with E-state index in [1.165, 1.54) is 6.92 Å². The SMILES string of the molecule is CC.CC(=O)OC1CC=COC1. The standard InChI is InChI=1S/C7H10O3.C2H6/c1-6(8)10-7-3-2-4-9-5-7;1-2/h2,4,7H,3,5H2,1H3;1-2H3. The van der Waals surface area contributed by atoms with Crippen LogP contribution in [0.4, 0.5) is 0 Å². The minimum Gasteiger partial charge on any atom is -0.498 e. The Morgan fingerprint density at radius 2 is 2.25 bits per heavy atom. The Kier molecular flexibility index (Phi) is 6.15. The van der Waals surface area contributed by atoms with Crippen molar-refractivity contribution >= 4 is 5.97 Å². The second-order valence-electron chi connectivity index (χ2n) is 2.17. The first kappa shape index (κ1) is 11.0. The van der Waals surface area contributed by atoms with Gasteiger partial charge in [-0.15, -0.1) is 0 Å². The fourth-order valence-electron chi connectivity index (χ4n) is 0.823. The molecule has 0 saturated carbocycles. The summed E-state index contributed by atoms with van der Waals surface area (Å²) in [5.41, 5.74) is 0. The van der Waals surface area contributed by atoms with Gasteiger partial charge in [-0.1, -0.05) is 13.8 Å². The molecule has 70 valence electrons. The Balaban J connectivity index is 0.000000561. The molecule has 1 unspecified atom stereocenters. The predicted octanol–water partition coefficient (Wildman–Crippen LogP) is 1.88. The topological polar surface area (TPSA) is 35.5 Å². The number of ether oxygens (including phenoxy) is 2. The van der Waals surface area contributed by atoms with E-state index in [0.717, 1.165) is 6.42 Å². The Hall–Kier alpha value is -0.990.